The molecule has 0 bridgehead atoms. The number of epoxide rings is 2. The summed E-state index contributed by atoms with van der Waals surface area (Å²) < 4.78 is 21.8. The molecule has 0 aromatic rings. The van der Waals surface area contributed by atoms with Crippen molar-refractivity contribution in [1.29, 1.82) is 0 Å². The van der Waals surface area contributed by atoms with Crippen LogP contribution >= 0.6 is 0 Å². The maximum absolute atomic E-state index is 10.7. The van der Waals surface area contributed by atoms with Crippen LogP contribution in [-0.2, 0) is 23.4 Å². The van der Waals surface area contributed by atoms with Crippen LogP contribution in [0.25, 0.3) is 0 Å². The topological polar surface area (TPSA) is 60.6 Å². The van der Waals surface area contributed by atoms with E-state index in [1.54, 1.807) is 6.08 Å². The summed E-state index contributed by atoms with van der Waals surface area (Å²) in [5.41, 5.74) is 0. The minimum absolute atomic E-state index is 0.00482. The van der Waals surface area contributed by atoms with Crippen molar-refractivity contribution in [1.82, 2.24) is 0 Å². The minimum Gasteiger partial charge on any atom is -0.462 e. The smallest absolute Gasteiger partial charge is 0.302 e. The molecule has 6 heteroatoms. The zero-order valence-electron chi connectivity index (χ0n) is 17.4. The largest absolute Gasteiger partial charge is 0.462 e. The average Bonchev–Trinajstić information content (AvgIpc) is 3.47. The molecule has 2 heterocycles. The third-order valence-corrected chi connectivity index (χ3v) is 9.40. The molecule has 4 atom stereocenters. The highest BCUT2D eigenvalue weighted by Crippen LogP contribution is 2.39. The average molecular weight is 401 g/mol. The van der Waals surface area contributed by atoms with Crippen molar-refractivity contribution in [2.24, 2.45) is 0 Å². The first-order chi connectivity index (χ1) is 13.1. The molecule has 2 aliphatic heterocycles. The summed E-state index contributed by atoms with van der Waals surface area (Å²) in [5, 5.41) is 0.176. The van der Waals surface area contributed by atoms with Gasteiger partial charge in [0.05, 0.1) is 6.61 Å². The standard InChI is InChI=1S/C22H28O5Si/c1-17(23)24-15-12-14-19-21(27-19)20-18(26-20)13-10-8-7-9-11-16-25-28(5,6)22(2,3)4/h12,14,18-21H,15-16H2,1-6H3/b14-12+/t18-,19-,20+,21+/m0/s1. The molecule has 0 aliphatic carbocycles. The zero-order valence-corrected chi connectivity index (χ0v) is 18.4. The molecule has 2 aliphatic rings. The number of hydrogen-bond donors (Lipinski definition) is 0. The van der Waals surface area contributed by atoms with Gasteiger partial charge in [0.25, 0.3) is 0 Å². The van der Waals surface area contributed by atoms with E-state index in [4.69, 9.17) is 18.6 Å². The van der Waals surface area contributed by atoms with Gasteiger partial charge in [-0.3, -0.25) is 4.79 Å². The second-order valence-electron chi connectivity index (χ2n) is 8.19. The van der Waals surface area contributed by atoms with Gasteiger partial charge in [-0.05, 0) is 47.9 Å². The summed E-state index contributed by atoms with van der Waals surface area (Å²) in [6, 6.07) is 0. The Hall–Kier alpha value is -2.01. The molecule has 0 unspecified atom stereocenters. The second kappa shape index (κ2) is 9.46. The van der Waals surface area contributed by atoms with E-state index in [2.05, 4.69) is 69.4 Å². The lowest BCUT2D eigenvalue weighted by atomic mass is 10.2. The highest BCUT2D eigenvalue weighted by atomic mass is 28.4. The molecule has 0 spiro atoms. The van der Waals surface area contributed by atoms with E-state index in [9.17, 15) is 4.79 Å². The highest BCUT2D eigenvalue weighted by molar-refractivity contribution is 6.74. The van der Waals surface area contributed by atoms with Gasteiger partial charge in [-0.25, -0.2) is 0 Å². The zero-order chi connectivity index (χ0) is 20.8. The molecule has 2 saturated heterocycles. The Kier molecular flexibility index (Phi) is 7.53. The number of rotatable bonds is 6. The number of carbonyl (C=O) groups excluding carboxylic acids is 1. The van der Waals surface area contributed by atoms with Crippen LogP contribution in [0, 0.1) is 35.5 Å². The number of hydrogen-bond acceptors (Lipinski definition) is 5. The minimum atomic E-state index is -1.75. The second-order valence-corrected chi connectivity index (χ2v) is 13.0. The highest BCUT2D eigenvalue weighted by Gasteiger charge is 2.56. The Labute approximate surface area is 169 Å². The van der Waals surface area contributed by atoms with Crippen LogP contribution < -0.4 is 0 Å². The molecule has 0 saturated carbocycles. The van der Waals surface area contributed by atoms with Gasteiger partial charge in [-0.1, -0.05) is 38.7 Å². The summed E-state index contributed by atoms with van der Waals surface area (Å²) in [6.45, 7) is 13.0. The van der Waals surface area contributed by atoms with Crippen LogP contribution in [0.1, 0.15) is 27.7 Å². The molecule has 2 fully saturated rings. The molecule has 150 valence electrons. The quantitative estimate of drug-likeness (QED) is 0.226. The lowest BCUT2D eigenvalue weighted by molar-refractivity contribution is -0.139. The summed E-state index contributed by atoms with van der Waals surface area (Å²) >= 11 is 0. The van der Waals surface area contributed by atoms with Crippen molar-refractivity contribution < 1.29 is 23.4 Å². The van der Waals surface area contributed by atoms with E-state index >= 15 is 0 Å². The molecule has 0 aromatic heterocycles. The van der Waals surface area contributed by atoms with Crippen molar-refractivity contribution in [2.45, 2.75) is 70.2 Å². The van der Waals surface area contributed by atoms with Gasteiger partial charge < -0.3 is 18.6 Å². The van der Waals surface area contributed by atoms with Crippen LogP contribution in [0.2, 0.25) is 18.1 Å². The van der Waals surface area contributed by atoms with E-state index < -0.39 is 8.32 Å². The Morgan fingerprint density at radius 3 is 2.50 bits per heavy atom. The van der Waals surface area contributed by atoms with Gasteiger partial charge in [0.15, 0.2) is 8.32 Å². The van der Waals surface area contributed by atoms with E-state index in [0.29, 0.717) is 6.61 Å². The molecule has 2 rings (SSSR count). The van der Waals surface area contributed by atoms with Gasteiger partial charge in [0.2, 0.25) is 0 Å². The molecule has 0 aromatic carbocycles. The normalized spacial score (nSPS) is 25.5. The monoisotopic (exact) mass is 400 g/mol. The molecule has 0 radical (unpaired) electrons. The molecular formula is C22H28O5Si. The first-order valence-corrected chi connectivity index (χ1v) is 12.3. The maximum Gasteiger partial charge on any atom is 0.302 e. The van der Waals surface area contributed by atoms with Crippen molar-refractivity contribution in [3.63, 3.8) is 0 Å². The summed E-state index contributed by atoms with van der Waals surface area (Å²) in [4.78, 5) is 10.7. The number of carbonyl (C=O) groups is 1. The van der Waals surface area contributed by atoms with Crippen molar-refractivity contribution in [2.75, 3.05) is 13.2 Å². The fourth-order valence-electron chi connectivity index (χ4n) is 2.08. The predicted molar refractivity (Wildman–Crippen MR) is 110 cm³/mol. The van der Waals surface area contributed by atoms with Crippen LogP contribution in [0.4, 0.5) is 0 Å². The fourth-order valence-corrected chi connectivity index (χ4v) is 2.95. The summed E-state index contributed by atoms with van der Waals surface area (Å²) in [5.74, 6) is 16.5. The predicted octanol–water partition coefficient (Wildman–Crippen LogP) is 2.67. The first kappa shape index (κ1) is 22.3. The third kappa shape index (κ3) is 7.19. The third-order valence-electron chi connectivity index (χ3n) is 4.92. The Morgan fingerprint density at radius 1 is 1.11 bits per heavy atom. The fraction of sp³-hybridized carbons (Fsp3) is 0.591. The molecule has 28 heavy (non-hydrogen) atoms. The summed E-state index contributed by atoms with van der Waals surface area (Å²) in [7, 11) is -1.75. The Morgan fingerprint density at radius 2 is 1.82 bits per heavy atom. The first-order valence-electron chi connectivity index (χ1n) is 9.35. The van der Waals surface area contributed by atoms with Crippen LogP contribution in [0.3, 0.4) is 0 Å². The number of ether oxygens (including phenoxy) is 3. The van der Waals surface area contributed by atoms with Crippen molar-refractivity contribution >= 4 is 14.3 Å². The number of esters is 1. The molecule has 0 N–H and O–H groups in total. The maximum atomic E-state index is 10.7. The Balaban J connectivity index is 1.64. The van der Waals surface area contributed by atoms with E-state index in [1.807, 2.05) is 6.08 Å². The van der Waals surface area contributed by atoms with E-state index in [1.165, 1.54) is 6.92 Å². The van der Waals surface area contributed by atoms with Gasteiger partial charge in [-0.15, -0.1) is 0 Å². The van der Waals surface area contributed by atoms with Gasteiger partial charge in [0, 0.05) is 6.92 Å². The molecular weight excluding hydrogens is 372 g/mol. The van der Waals surface area contributed by atoms with Gasteiger partial charge >= 0.3 is 5.97 Å². The molecule has 5 nitrogen and oxygen atoms in total. The van der Waals surface area contributed by atoms with Crippen LogP contribution in [0.5, 0.6) is 0 Å². The van der Waals surface area contributed by atoms with Gasteiger partial charge in [0.1, 0.15) is 31.0 Å². The Bertz CT molecular complexity index is 788. The van der Waals surface area contributed by atoms with Gasteiger partial charge in [-0.2, -0.15) is 0 Å². The van der Waals surface area contributed by atoms with Crippen molar-refractivity contribution in [3.05, 3.63) is 12.2 Å². The van der Waals surface area contributed by atoms with Crippen molar-refractivity contribution in [3.8, 4) is 35.5 Å². The van der Waals surface area contributed by atoms with Crippen LogP contribution in [0.15, 0.2) is 12.2 Å². The SMILES string of the molecule is CC(=O)OC/C=C/[C@@H]1O[C@H]1[C@@H]1O[C@H]1C#CC#CC#CCO[Si](C)(C)C(C)(C)C. The van der Waals surface area contributed by atoms with Crippen LogP contribution in [-0.4, -0.2) is 51.9 Å². The van der Waals surface area contributed by atoms with E-state index in [0.717, 1.165) is 0 Å². The lowest BCUT2D eigenvalue weighted by Gasteiger charge is -2.35. The lowest BCUT2D eigenvalue weighted by Crippen LogP contribution is -2.40. The molecule has 0 amide bonds. The van der Waals surface area contributed by atoms with E-state index in [-0.39, 0.29) is 42.0 Å². The summed E-state index contributed by atoms with van der Waals surface area (Å²) in [6.07, 6.45) is 3.52.